The first-order valence-electron chi connectivity index (χ1n) is 5.90. The van der Waals surface area contributed by atoms with Gasteiger partial charge < -0.3 is 10.4 Å². The summed E-state index contributed by atoms with van der Waals surface area (Å²) >= 11 is 0. The smallest absolute Gasteiger partial charge is 0.332 e. The first-order valence-corrected chi connectivity index (χ1v) is 5.90. The van der Waals surface area contributed by atoms with Crippen LogP contribution in [0.3, 0.4) is 0 Å². The summed E-state index contributed by atoms with van der Waals surface area (Å²) in [6, 6.07) is 8.61. The van der Waals surface area contributed by atoms with Gasteiger partial charge in [-0.15, -0.1) is 0 Å². The van der Waals surface area contributed by atoms with Gasteiger partial charge in [0.2, 0.25) is 0 Å². The maximum Gasteiger partial charge on any atom is 0.332 e. The van der Waals surface area contributed by atoms with Crippen LogP contribution in [0.1, 0.15) is 30.0 Å². The van der Waals surface area contributed by atoms with E-state index in [9.17, 15) is 4.79 Å². The summed E-state index contributed by atoms with van der Waals surface area (Å²) in [5.41, 5.74) is 2.89. The van der Waals surface area contributed by atoms with Crippen LogP contribution in [0.5, 0.6) is 0 Å². The van der Waals surface area contributed by atoms with Crippen LogP contribution in [0, 0.1) is 0 Å². The fraction of sp³-hybridized carbons (Fsp3) is 0.357. The molecule has 0 amide bonds. The van der Waals surface area contributed by atoms with Crippen LogP contribution in [0.2, 0.25) is 0 Å². The summed E-state index contributed by atoms with van der Waals surface area (Å²) in [5.74, 6) is -0.929. The summed E-state index contributed by atoms with van der Waals surface area (Å²) < 4.78 is 0. The number of benzene rings is 1. The molecule has 1 aliphatic rings. The lowest BCUT2D eigenvalue weighted by atomic mass is 9.87. The van der Waals surface area contributed by atoms with Crippen molar-refractivity contribution in [3.05, 3.63) is 47.5 Å². The monoisotopic (exact) mass is 231 g/mol. The first-order chi connectivity index (χ1) is 8.18. The molecule has 1 aromatic rings. The van der Waals surface area contributed by atoms with Crippen molar-refractivity contribution in [3.8, 4) is 0 Å². The number of rotatable bonds is 4. The van der Waals surface area contributed by atoms with Crippen molar-refractivity contribution in [3.63, 3.8) is 0 Å². The molecule has 17 heavy (non-hydrogen) atoms. The van der Waals surface area contributed by atoms with Gasteiger partial charge in [0.15, 0.2) is 0 Å². The molecule has 0 saturated carbocycles. The number of aliphatic carboxylic acids is 1. The highest BCUT2D eigenvalue weighted by molar-refractivity contribution is 5.86. The summed E-state index contributed by atoms with van der Waals surface area (Å²) in [5, 5.41) is 12.0. The minimum absolute atomic E-state index is 0.216. The Morgan fingerprint density at radius 1 is 1.47 bits per heavy atom. The fourth-order valence-corrected chi connectivity index (χ4v) is 2.29. The number of nitrogens with one attached hydrogen (secondary N) is 1. The maximum atomic E-state index is 10.7. The Morgan fingerprint density at radius 2 is 2.24 bits per heavy atom. The predicted molar refractivity (Wildman–Crippen MR) is 66.9 cm³/mol. The Balaban J connectivity index is 2.04. The van der Waals surface area contributed by atoms with E-state index in [2.05, 4.69) is 30.1 Å². The molecule has 0 aliphatic heterocycles. The molecule has 0 spiro atoms. The summed E-state index contributed by atoms with van der Waals surface area (Å²) in [4.78, 5) is 10.7. The zero-order valence-electron chi connectivity index (χ0n) is 9.78. The summed E-state index contributed by atoms with van der Waals surface area (Å²) in [7, 11) is 0. The lowest BCUT2D eigenvalue weighted by Crippen LogP contribution is -2.28. The second kappa shape index (κ2) is 5.15. The maximum absolute atomic E-state index is 10.7. The van der Waals surface area contributed by atoms with Crippen molar-refractivity contribution in [2.24, 2.45) is 0 Å². The molecular formula is C14H17NO2. The molecule has 0 heterocycles. The molecule has 0 saturated heterocycles. The Bertz CT molecular complexity index is 440. The average molecular weight is 231 g/mol. The third-order valence-electron chi connectivity index (χ3n) is 3.23. The van der Waals surface area contributed by atoms with Crippen LogP contribution in [-0.4, -0.2) is 17.6 Å². The molecule has 0 fully saturated rings. The number of carboxylic acids is 1. The quantitative estimate of drug-likeness (QED) is 0.782. The predicted octanol–water partition coefficient (Wildman–Crippen LogP) is 2.29. The van der Waals surface area contributed by atoms with Crippen LogP contribution in [0.25, 0.3) is 0 Å². The van der Waals surface area contributed by atoms with E-state index in [1.807, 2.05) is 6.07 Å². The third kappa shape index (κ3) is 2.74. The van der Waals surface area contributed by atoms with E-state index in [-0.39, 0.29) is 11.6 Å². The highest BCUT2D eigenvalue weighted by atomic mass is 16.4. The van der Waals surface area contributed by atoms with Crippen LogP contribution in [0.4, 0.5) is 0 Å². The van der Waals surface area contributed by atoms with E-state index in [0.717, 1.165) is 19.3 Å². The van der Waals surface area contributed by atoms with Gasteiger partial charge in [-0.3, -0.25) is 0 Å². The van der Waals surface area contributed by atoms with E-state index >= 15 is 0 Å². The molecule has 0 bridgehead atoms. The second-order valence-corrected chi connectivity index (χ2v) is 4.43. The lowest BCUT2D eigenvalue weighted by Gasteiger charge is -2.26. The molecule has 1 aromatic carbocycles. The van der Waals surface area contributed by atoms with E-state index < -0.39 is 5.97 Å². The Hall–Kier alpha value is -1.61. The molecule has 1 atom stereocenters. The van der Waals surface area contributed by atoms with Crippen molar-refractivity contribution in [1.29, 1.82) is 0 Å². The number of carboxylic acid groups (broad SMARTS) is 1. The highest BCUT2D eigenvalue weighted by Gasteiger charge is 2.19. The van der Waals surface area contributed by atoms with Crippen molar-refractivity contribution in [2.75, 3.05) is 6.54 Å². The minimum atomic E-state index is -0.929. The van der Waals surface area contributed by atoms with Crippen molar-refractivity contribution in [1.82, 2.24) is 5.32 Å². The number of hydrogen-bond acceptors (Lipinski definition) is 2. The molecular weight excluding hydrogens is 214 g/mol. The lowest BCUT2D eigenvalue weighted by molar-refractivity contribution is -0.132. The molecule has 1 unspecified atom stereocenters. The molecule has 3 nitrogen and oxygen atoms in total. The highest BCUT2D eigenvalue weighted by Crippen LogP contribution is 2.29. The van der Waals surface area contributed by atoms with Crippen molar-refractivity contribution in [2.45, 2.75) is 25.3 Å². The van der Waals surface area contributed by atoms with Gasteiger partial charge in [0.05, 0.1) is 0 Å². The molecule has 90 valence electrons. The molecule has 2 N–H and O–H groups in total. The molecule has 2 rings (SSSR count). The standard InChI is InChI=1S/C14H17NO2/c1-10(14(16)17)9-15-13-8-4-6-11-5-2-3-7-12(11)13/h2-3,5,7,13,15H,1,4,6,8-9H2,(H,16,17). The van der Waals surface area contributed by atoms with Gasteiger partial charge in [-0.2, -0.15) is 0 Å². The Kier molecular flexibility index (Phi) is 3.59. The van der Waals surface area contributed by atoms with Gasteiger partial charge in [-0.05, 0) is 30.4 Å². The van der Waals surface area contributed by atoms with Gasteiger partial charge in [0, 0.05) is 18.2 Å². The number of carbonyl (C=O) groups is 1. The van der Waals surface area contributed by atoms with Gasteiger partial charge >= 0.3 is 5.97 Å². The number of fused-ring (bicyclic) bond motifs is 1. The number of aryl methyl sites for hydroxylation is 1. The second-order valence-electron chi connectivity index (χ2n) is 4.43. The minimum Gasteiger partial charge on any atom is -0.478 e. The van der Waals surface area contributed by atoms with Crippen molar-refractivity contribution >= 4 is 5.97 Å². The Labute approximate surface area is 101 Å². The molecule has 0 radical (unpaired) electrons. The molecule has 3 heteroatoms. The van der Waals surface area contributed by atoms with Crippen LogP contribution in [-0.2, 0) is 11.2 Å². The number of hydrogen-bond donors (Lipinski definition) is 2. The molecule has 0 aromatic heterocycles. The van der Waals surface area contributed by atoms with Crippen LogP contribution in [0.15, 0.2) is 36.4 Å². The van der Waals surface area contributed by atoms with Crippen LogP contribution < -0.4 is 5.32 Å². The topological polar surface area (TPSA) is 49.3 Å². The van der Waals surface area contributed by atoms with Gasteiger partial charge in [0.25, 0.3) is 0 Å². The van der Waals surface area contributed by atoms with E-state index in [1.165, 1.54) is 11.1 Å². The average Bonchev–Trinajstić information content (AvgIpc) is 2.35. The fourth-order valence-electron chi connectivity index (χ4n) is 2.29. The summed E-state index contributed by atoms with van der Waals surface area (Å²) in [6.45, 7) is 3.87. The van der Waals surface area contributed by atoms with Crippen LogP contribution >= 0.6 is 0 Å². The SMILES string of the molecule is C=C(CNC1CCCc2ccccc21)C(=O)O. The third-order valence-corrected chi connectivity index (χ3v) is 3.23. The normalized spacial score (nSPS) is 18.5. The van der Waals surface area contributed by atoms with Crippen molar-refractivity contribution < 1.29 is 9.90 Å². The largest absolute Gasteiger partial charge is 0.478 e. The zero-order valence-corrected chi connectivity index (χ0v) is 9.78. The van der Waals surface area contributed by atoms with E-state index in [0.29, 0.717) is 6.54 Å². The van der Waals surface area contributed by atoms with E-state index in [1.54, 1.807) is 0 Å². The zero-order chi connectivity index (χ0) is 12.3. The first kappa shape index (κ1) is 11.9. The Morgan fingerprint density at radius 3 is 3.00 bits per heavy atom. The van der Waals surface area contributed by atoms with E-state index in [4.69, 9.17) is 5.11 Å². The molecule has 1 aliphatic carbocycles. The van der Waals surface area contributed by atoms with Gasteiger partial charge in [-0.25, -0.2) is 4.79 Å². The summed E-state index contributed by atoms with van der Waals surface area (Å²) in [6.07, 6.45) is 3.33. The van der Waals surface area contributed by atoms with Gasteiger partial charge in [-0.1, -0.05) is 30.8 Å². The van der Waals surface area contributed by atoms with Gasteiger partial charge in [0.1, 0.15) is 0 Å².